The molecule has 0 bridgehead atoms. The van der Waals surface area contributed by atoms with Gasteiger partial charge in [-0.25, -0.2) is 5.48 Å². The molecule has 0 aromatic heterocycles. The zero-order valence-corrected chi connectivity index (χ0v) is 8.33. The summed E-state index contributed by atoms with van der Waals surface area (Å²) in [5, 5.41) is 0. The number of amides is 1. The van der Waals surface area contributed by atoms with E-state index in [0.29, 0.717) is 6.10 Å². The standard InChI is InChI=1S/C9H18N2O3/c10-9(12)7-14-11-5-1-3-8-4-2-6-13-8/h8,11H,1-7H2,(H2,10,12). The van der Waals surface area contributed by atoms with Gasteiger partial charge in [-0.15, -0.1) is 0 Å². The first-order valence-electron chi connectivity index (χ1n) is 5.03. The van der Waals surface area contributed by atoms with Gasteiger partial charge in [0.05, 0.1) is 6.10 Å². The van der Waals surface area contributed by atoms with E-state index < -0.39 is 5.91 Å². The molecular formula is C9H18N2O3. The third-order valence-corrected chi connectivity index (χ3v) is 2.15. The van der Waals surface area contributed by atoms with Gasteiger partial charge in [-0.2, -0.15) is 0 Å². The van der Waals surface area contributed by atoms with E-state index in [1.165, 1.54) is 12.8 Å². The van der Waals surface area contributed by atoms with Gasteiger partial charge in [0.1, 0.15) is 6.61 Å². The molecule has 0 aromatic carbocycles. The molecule has 0 radical (unpaired) electrons. The Bertz CT molecular complexity index is 169. The molecule has 1 atom stereocenters. The number of ether oxygens (including phenoxy) is 1. The smallest absolute Gasteiger partial charge is 0.245 e. The molecule has 1 aliphatic heterocycles. The van der Waals surface area contributed by atoms with Crippen molar-refractivity contribution in [1.82, 2.24) is 5.48 Å². The molecular weight excluding hydrogens is 184 g/mol. The van der Waals surface area contributed by atoms with Gasteiger partial charge in [0, 0.05) is 13.2 Å². The van der Waals surface area contributed by atoms with Crippen molar-refractivity contribution in [2.45, 2.75) is 31.8 Å². The first kappa shape index (κ1) is 11.4. The molecule has 14 heavy (non-hydrogen) atoms. The fraction of sp³-hybridized carbons (Fsp3) is 0.889. The number of carbonyl (C=O) groups excluding carboxylic acids is 1. The number of hydroxylamine groups is 1. The van der Waals surface area contributed by atoms with Crippen molar-refractivity contribution < 1.29 is 14.4 Å². The van der Waals surface area contributed by atoms with Gasteiger partial charge >= 0.3 is 0 Å². The SMILES string of the molecule is NC(=O)CONCCCC1CCCO1. The minimum absolute atomic E-state index is 0.0695. The normalized spacial score (nSPS) is 21.3. The number of rotatable bonds is 7. The van der Waals surface area contributed by atoms with Crippen LogP contribution in [0.5, 0.6) is 0 Å². The predicted molar refractivity (Wildman–Crippen MR) is 51.4 cm³/mol. The van der Waals surface area contributed by atoms with Gasteiger partial charge in [-0.05, 0) is 25.7 Å². The Morgan fingerprint density at radius 1 is 1.64 bits per heavy atom. The molecule has 1 unspecified atom stereocenters. The van der Waals surface area contributed by atoms with Crippen LogP contribution < -0.4 is 11.2 Å². The molecule has 1 fully saturated rings. The van der Waals surface area contributed by atoms with E-state index in [9.17, 15) is 4.79 Å². The Labute approximate surface area is 83.9 Å². The highest BCUT2D eigenvalue weighted by Crippen LogP contribution is 2.16. The molecule has 5 nitrogen and oxygen atoms in total. The van der Waals surface area contributed by atoms with Crippen LogP contribution in [0.3, 0.4) is 0 Å². The van der Waals surface area contributed by atoms with Crippen molar-refractivity contribution in [1.29, 1.82) is 0 Å². The molecule has 82 valence electrons. The second kappa shape index (κ2) is 6.75. The lowest BCUT2D eigenvalue weighted by atomic mass is 10.1. The topological polar surface area (TPSA) is 73.6 Å². The molecule has 0 aromatic rings. The minimum Gasteiger partial charge on any atom is -0.378 e. The number of nitrogens with two attached hydrogens (primary N) is 1. The second-order valence-electron chi connectivity index (χ2n) is 3.43. The van der Waals surface area contributed by atoms with E-state index in [4.69, 9.17) is 15.3 Å². The maximum Gasteiger partial charge on any atom is 0.245 e. The van der Waals surface area contributed by atoms with Crippen molar-refractivity contribution in [3.63, 3.8) is 0 Å². The summed E-state index contributed by atoms with van der Waals surface area (Å²) in [7, 11) is 0. The van der Waals surface area contributed by atoms with Gasteiger partial charge < -0.3 is 10.5 Å². The third kappa shape index (κ3) is 5.16. The highest BCUT2D eigenvalue weighted by molar-refractivity contribution is 5.74. The van der Waals surface area contributed by atoms with Gasteiger partial charge in [-0.3, -0.25) is 9.63 Å². The Balaban J connectivity index is 1.82. The Kier molecular flexibility index (Phi) is 5.51. The fourth-order valence-corrected chi connectivity index (χ4v) is 1.47. The van der Waals surface area contributed by atoms with E-state index in [1.807, 2.05) is 0 Å². The molecule has 1 amide bonds. The van der Waals surface area contributed by atoms with Crippen LogP contribution in [0.4, 0.5) is 0 Å². The van der Waals surface area contributed by atoms with E-state index in [2.05, 4.69) is 5.48 Å². The molecule has 3 N–H and O–H groups in total. The first-order chi connectivity index (χ1) is 6.79. The van der Waals surface area contributed by atoms with Crippen LogP contribution in [-0.4, -0.2) is 31.8 Å². The highest BCUT2D eigenvalue weighted by atomic mass is 16.6. The quantitative estimate of drug-likeness (QED) is 0.448. The number of hydrogen-bond acceptors (Lipinski definition) is 4. The van der Waals surface area contributed by atoms with Crippen LogP contribution in [0.1, 0.15) is 25.7 Å². The number of primary amides is 1. The number of carbonyl (C=O) groups is 1. The van der Waals surface area contributed by atoms with E-state index in [0.717, 1.165) is 26.0 Å². The van der Waals surface area contributed by atoms with Gasteiger partial charge in [0.2, 0.25) is 5.91 Å². The summed E-state index contributed by atoms with van der Waals surface area (Å²) >= 11 is 0. The maximum atomic E-state index is 10.3. The molecule has 5 heteroatoms. The molecule has 0 spiro atoms. The van der Waals surface area contributed by atoms with Crippen molar-refractivity contribution >= 4 is 5.91 Å². The van der Waals surface area contributed by atoms with Gasteiger partial charge in [0.25, 0.3) is 0 Å². The van der Waals surface area contributed by atoms with E-state index in [1.54, 1.807) is 0 Å². The average molecular weight is 202 g/mol. The summed E-state index contributed by atoms with van der Waals surface area (Å²) in [4.78, 5) is 15.1. The zero-order chi connectivity index (χ0) is 10.2. The van der Waals surface area contributed by atoms with Crippen LogP contribution in [-0.2, 0) is 14.4 Å². The number of hydrogen-bond donors (Lipinski definition) is 2. The largest absolute Gasteiger partial charge is 0.378 e. The summed E-state index contributed by atoms with van der Waals surface area (Å²) in [5.41, 5.74) is 7.57. The third-order valence-electron chi connectivity index (χ3n) is 2.15. The lowest BCUT2D eigenvalue weighted by Crippen LogP contribution is -2.25. The van der Waals surface area contributed by atoms with Crippen LogP contribution in [0, 0.1) is 0 Å². The number of nitrogens with one attached hydrogen (secondary N) is 1. The highest BCUT2D eigenvalue weighted by Gasteiger charge is 2.14. The molecule has 1 heterocycles. The van der Waals surface area contributed by atoms with Crippen molar-refractivity contribution in [2.24, 2.45) is 5.73 Å². The fourth-order valence-electron chi connectivity index (χ4n) is 1.47. The van der Waals surface area contributed by atoms with Crippen LogP contribution in [0.25, 0.3) is 0 Å². The Hall–Kier alpha value is -0.650. The molecule has 1 aliphatic rings. The predicted octanol–water partition coefficient (Wildman–Crippen LogP) is -0.0479. The summed E-state index contributed by atoms with van der Waals surface area (Å²) in [5.74, 6) is -0.461. The van der Waals surface area contributed by atoms with Crippen molar-refractivity contribution in [2.75, 3.05) is 19.8 Å². The monoisotopic (exact) mass is 202 g/mol. The van der Waals surface area contributed by atoms with E-state index in [-0.39, 0.29) is 6.61 Å². The zero-order valence-electron chi connectivity index (χ0n) is 8.33. The van der Waals surface area contributed by atoms with Crippen molar-refractivity contribution in [3.05, 3.63) is 0 Å². The Morgan fingerprint density at radius 3 is 3.14 bits per heavy atom. The minimum atomic E-state index is -0.461. The van der Waals surface area contributed by atoms with E-state index >= 15 is 0 Å². The van der Waals surface area contributed by atoms with Crippen LogP contribution in [0.2, 0.25) is 0 Å². The van der Waals surface area contributed by atoms with Crippen molar-refractivity contribution in [3.8, 4) is 0 Å². The molecule has 1 saturated heterocycles. The van der Waals surface area contributed by atoms with Gasteiger partial charge in [0.15, 0.2) is 0 Å². The molecule has 1 rings (SSSR count). The lowest BCUT2D eigenvalue weighted by molar-refractivity contribution is -0.125. The summed E-state index contributed by atoms with van der Waals surface area (Å²) in [6.45, 7) is 1.56. The summed E-state index contributed by atoms with van der Waals surface area (Å²) in [6, 6.07) is 0. The Morgan fingerprint density at radius 2 is 2.50 bits per heavy atom. The maximum absolute atomic E-state index is 10.3. The van der Waals surface area contributed by atoms with Gasteiger partial charge in [-0.1, -0.05) is 0 Å². The lowest BCUT2D eigenvalue weighted by Gasteiger charge is -2.08. The molecule has 0 aliphatic carbocycles. The van der Waals surface area contributed by atoms with Crippen LogP contribution >= 0.6 is 0 Å². The summed E-state index contributed by atoms with van der Waals surface area (Å²) in [6.07, 6.45) is 4.81. The molecule has 0 saturated carbocycles. The second-order valence-corrected chi connectivity index (χ2v) is 3.43. The van der Waals surface area contributed by atoms with Crippen LogP contribution in [0.15, 0.2) is 0 Å². The first-order valence-corrected chi connectivity index (χ1v) is 5.03. The average Bonchev–Trinajstić information content (AvgIpc) is 2.63. The summed E-state index contributed by atoms with van der Waals surface area (Å²) < 4.78 is 5.45.